The number of carboxylic acids is 1. The highest BCUT2D eigenvalue weighted by Gasteiger charge is 2.20. The fourth-order valence-corrected chi connectivity index (χ4v) is 3.44. The molecule has 0 saturated carbocycles. The van der Waals surface area contributed by atoms with E-state index in [0.717, 1.165) is 16.9 Å². The van der Waals surface area contributed by atoms with Crippen molar-refractivity contribution < 1.29 is 24.0 Å². The number of aryl methyl sites for hydroxylation is 1. The van der Waals surface area contributed by atoms with Crippen molar-refractivity contribution in [3.05, 3.63) is 83.2 Å². The van der Waals surface area contributed by atoms with Crippen molar-refractivity contribution in [2.45, 2.75) is 52.2 Å². The Bertz CT molecular complexity index is 1030. The molecule has 0 radical (unpaired) electrons. The summed E-state index contributed by atoms with van der Waals surface area (Å²) in [6.45, 7) is 4.63. The number of carbonyl (C=O) groups excluding carboxylic acids is 1. The lowest BCUT2D eigenvalue weighted by Gasteiger charge is -2.18. The molecule has 1 amide bonds. The summed E-state index contributed by atoms with van der Waals surface area (Å²) in [4.78, 5) is 23.5. The fraction of sp³-hybridized carbons (Fsp3) is 0.346. The van der Waals surface area contributed by atoms with E-state index < -0.39 is 5.97 Å². The van der Waals surface area contributed by atoms with Gasteiger partial charge < -0.3 is 19.7 Å². The molecule has 0 saturated heterocycles. The highest BCUT2D eigenvalue weighted by atomic mass is 16.5. The monoisotopic (exact) mass is 450 g/mol. The van der Waals surface area contributed by atoms with Crippen molar-refractivity contribution in [1.29, 1.82) is 0 Å². The number of aliphatic carboxylic acids is 1. The number of rotatable bonds is 12. The number of hydrogen-bond donors (Lipinski definition) is 2. The number of amides is 1. The third-order valence-electron chi connectivity index (χ3n) is 5.10. The highest BCUT2D eigenvalue weighted by molar-refractivity contribution is 5.79. The van der Waals surface area contributed by atoms with Crippen LogP contribution in [0.15, 0.2) is 65.2 Å². The van der Waals surface area contributed by atoms with Gasteiger partial charge in [0.25, 0.3) is 0 Å². The predicted molar refractivity (Wildman–Crippen MR) is 124 cm³/mol. The molecule has 1 aromatic heterocycles. The molecule has 7 nitrogen and oxygen atoms in total. The van der Waals surface area contributed by atoms with Gasteiger partial charge in [0, 0.05) is 12.5 Å². The van der Waals surface area contributed by atoms with E-state index in [1.165, 1.54) is 0 Å². The molecular formula is C26H30N2O5. The molecule has 1 unspecified atom stereocenters. The number of nitrogens with one attached hydrogen (secondary N) is 1. The van der Waals surface area contributed by atoms with Crippen molar-refractivity contribution in [3.63, 3.8) is 0 Å². The average Bonchev–Trinajstić information content (AvgIpc) is 3.26. The Labute approximate surface area is 193 Å². The molecule has 3 rings (SSSR count). The van der Waals surface area contributed by atoms with Crippen LogP contribution in [0.3, 0.4) is 0 Å². The van der Waals surface area contributed by atoms with Crippen LogP contribution in [0.5, 0.6) is 5.75 Å². The number of ether oxygens (including phenoxy) is 1. The van der Waals surface area contributed by atoms with Gasteiger partial charge in [-0.15, -0.1) is 0 Å². The van der Waals surface area contributed by atoms with Crippen LogP contribution in [0.2, 0.25) is 0 Å². The molecule has 7 heteroatoms. The maximum atomic E-state index is 12.7. The Hall–Kier alpha value is -3.61. The van der Waals surface area contributed by atoms with E-state index in [2.05, 4.69) is 24.3 Å². The largest absolute Gasteiger partial charge is 0.489 e. The van der Waals surface area contributed by atoms with Crippen molar-refractivity contribution in [1.82, 2.24) is 10.5 Å². The number of carboxylic acid groups (broad SMARTS) is 1. The zero-order chi connectivity index (χ0) is 23.6. The minimum atomic E-state index is -0.892. The summed E-state index contributed by atoms with van der Waals surface area (Å²) in [6, 6.07) is 18.9. The van der Waals surface area contributed by atoms with Gasteiger partial charge in [0.15, 0.2) is 0 Å². The molecule has 0 bridgehead atoms. The van der Waals surface area contributed by atoms with Gasteiger partial charge in [-0.25, -0.2) is 0 Å². The summed E-state index contributed by atoms with van der Waals surface area (Å²) in [6.07, 6.45) is 1.17. The molecule has 1 atom stereocenters. The maximum absolute atomic E-state index is 12.7. The Balaban J connectivity index is 1.55. The Morgan fingerprint density at radius 3 is 2.45 bits per heavy atom. The van der Waals surface area contributed by atoms with Gasteiger partial charge in [0.1, 0.15) is 23.8 Å². The van der Waals surface area contributed by atoms with Gasteiger partial charge in [0.05, 0.1) is 18.9 Å². The molecule has 0 fully saturated rings. The van der Waals surface area contributed by atoms with E-state index in [1.807, 2.05) is 54.6 Å². The van der Waals surface area contributed by atoms with Gasteiger partial charge in [-0.1, -0.05) is 61.5 Å². The highest BCUT2D eigenvalue weighted by Crippen LogP contribution is 2.22. The van der Waals surface area contributed by atoms with Crippen LogP contribution in [0.1, 0.15) is 55.3 Å². The summed E-state index contributed by atoms with van der Waals surface area (Å²) >= 11 is 0. The molecular weight excluding hydrogens is 420 g/mol. The second kappa shape index (κ2) is 11.9. The van der Waals surface area contributed by atoms with Gasteiger partial charge in [0.2, 0.25) is 5.91 Å². The van der Waals surface area contributed by atoms with Gasteiger partial charge in [-0.05, 0) is 35.6 Å². The van der Waals surface area contributed by atoms with Gasteiger partial charge in [-0.3, -0.25) is 9.59 Å². The van der Waals surface area contributed by atoms with E-state index in [-0.39, 0.29) is 31.2 Å². The molecule has 2 aromatic carbocycles. The Morgan fingerprint density at radius 2 is 1.79 bits per heavy atom. The Kier molecular flexibility index (Phi) is 8.63. The average molecular weight is 451 g/mol. The molecule has 0 aliphatic rings. The first-order valence-corrected chi connectivity index (χ1v) is 11.1. The first kappa shape index (κ1) is 24.0. The third kappa shape index (κ3) is 8.11. The molecule has 174 valence electrons. The molecule has 3 aromatic rings. The summed E-state index contributed by atoms with van der Waals surface area (Å²) in [5.74, 6) is 0.569. The van der Waals surface area contributed by atoms with Crippen LogP contribution in [0, 0.1) is 5.92 Å². The van der Waals surface area contributed by atoms with E-state index >= 15 is 0 Å². The molecule has 0 aliphatic heterocycles. The van der Waals surface area contributed by atoms with Gasteiger partial charge in [-0.2, -0.15) is 0 Å². The number of carbonyl (C=O) groups is 2. The molecule has 0 spiro atoms. The van der Waals surface area contributed by atoms with Crippen LogP contribution in [0.4, 0.5) is 0 Å². The van der Waals surface area contributed by atoms with E-state index in [9.17, 15) is 9.59 Å². The molecule has 2 N–H and O–H groups in total. The summed E-state index contributed by atoms with van der Waals surface area (Å²) in [7, 11) is 0. The van der Waals surface area contributed by atoms with E-state index in [4.69, 9.17) is 14.4 Å². The van der Waals surface area contributed by atoms with Crippen LogP contribution in [0.25, 0.3) is 0 Å². The zero-order valence-corrected chi connectivity index (χ0v) is 19.0. The van der Waals surface area contributed by atoms with Crippen LogP contribution < -0.4 is 10.1 Å². The van der Waals surface area contributed by atoms with Crippen LogP contribution in [-0.2, 0) is 29.0 Å². The van der Waals surface area contributed by atoms with E-state index in [1.54, 1.807) is 6.07 Å². The van der Waals surface area contributed by atoms with Crippen molar-refractivity contribution in [3.8, 4) is 5.75 Å². The minimum absolute atomic E-state index is 0.0269. The summed E-state index contributed by atoms with van der Waals surface area (Å²) in [5.41, 5.74) is 2.59. The normalized spacial score (nSPS) is 11.8. The van der Waals surface area contributed by atoms with Crippen molar-refractivity contribution in [2.24, 2.45) is 5.92 Å². The minimum Gasteiger partial charge on any atom is -0.489 e. The predicted octanol–water partition coefficient (Wildman–Crippen LogP) is 4.72. The Morgan fingerprint density at radius 1 is 1.06 bits per heavy atom. The quantitative estimate of drug-likeness (QED) is 0.414. The van der Waals surface area contributed by atoms with Crippen LogP contribution in [-0.4, -0.2) is 22.1 Å². The molecule has 1 heterocycles. The number of aromatic nitrogens is 1. The summed E-state index contributed by atoms with van der Waals surface area (Å²) in [5, 5.41) is 16.0. The fourth-order valence-electron chi connectivity index (χ4n) is 3.44. The molecule has 0 aliphatic carbocycles. The van der Waals surface area contributed by atoms with E-state index in [0.29, 0.717) is 30.4 Å². The number of hydrogen-bond acceptors (Lipinski definition) is 5. The number of nitrogens with zero attached hydrogens (tertiary/aromatic N) is 1. The maximum Gasteiger partial charge on any atom is 0.303 e. The van der Waals surface area contributed by atoms with Crippen LogP contribution >= 0.6 is 0 Å². The third-order valence-corrected chi connectivity index (χ3v) is 5.10. The lowest BCUT2D eigenvalue weighted by Crippen LogP contribution is -2.31. The first-order valence-electron chi connectivity index (χ1n) is 11.1. The standard InChI is InChI=1S/C26H30N2O5/c1-18(2)14-23(24-16-22(33-28-24)12-13-26(30)31)27-25(29)15-19-8-10-21(11-9-19)32-17-20-6-4-3-5-7-20/h3-11,16,18,23H,12-15,17H2,1-2H3,(H,27,29)(H,30,31). The lowest BCUT2D eigenvalue weighted by molar-refractivity contribution is -0.137. The van der Waals surface area contributed by atoms with Crippen molar-refractivity contribution >= 4 is 11.9 Å². The number of benzene rings is 2. The zero-order valence-electron chi connectivity index (χ0n) is 19.0. The van der Waals surface area contributed by atoms with Gasteiger partial charge >= 0.3 is 5.97 Å². The lowest BCUT2D eigenvalue weighted by atomic mass is 10.00. The smallest absolute Gasteiger partial charge is 0.303 e. The summed E-state index contributed by atoms with van der Waals surface area (Å²) < 4.78 is 11.1. The first-order chi connectivity index (χ1) is 15.9. The second-order valence-electron chi connectivity index (χ2n) is 8.46. The van der Waals surface area contributed by atoms with Crippen molar-refractivity contribution in [2.75, 3.05) is 0 Å². The second-order valence-corrected chi connectivity index (χ2v) is 8.46. The molecule has 33 heavy (non-hydrogen) atoms. The topological polar surface area (TPSA) is 102 Å². The SMILES string of the molecule is CC(C)CC(NC(=O)Cc1ccc(OCc2ccccc2)cc1)c1cc(CCC(=O)O)on1.